The Kier molecular flexibility index (Phi) is 11.3. The van der Waals surface area contributed by atoms with E-state index in [-0.39, 0.29) is 73.7 Å². The second-order valence-corrected chi connectivity index (χ2v) is 22.4. The number of nitrogens with two attached hydrogens (primary N) is 2. The molecule has 4 aliphatic heterocycles. The summed E-state index contributed by atoms with van der Waals surface area (Å²) in [4.78, 5) is 66.2. The summed E-state index contributed by atoms with van der Waals surface area (Å²) in [6.07, 6.45) is 8.40. The lowest BCUT2D eigenvalue weighted by molar-refractivity contribution is -0.192. The SMILES string of the molecule is NCCCN(CCOCCN(CCCN)C(=O)O[C@@]12CCC(=O)[C@@H]3Oc4c(O)ccc5c4[C@@]31CCN(CC1CC1)[C@@H]2C5)C(=O)C[C@@]12CCC(=O)[C@@H]3Oc4c(O)ccc5c4[C@@]31CCN(CC1CC1)[C@@H]2C5. The summed E-state index contributed by atoms with van der Waals surface area (Å²) in [5.74, 6) is 2.16. The molecule has 4 heterocycles. The number of phenolic OH excluding ortho intramolecular Hbond substituents is 2. The van der Waals surface area contributed by atoms with Crippen molar-refractivity contribution in [1.29, 1.82) is 0 Å². The van der Waals surface area contributed by atoms with Crippen molar-refractivity contribution in [3.8, 4) is 23.0 Å². The molecule has 6 N–H and O–H groups in total. The highest BCUT2D eigenvalue weighted by atomic mass is 16.6. The average Bonchev–Trinajstić information content (AvgIpc) is 4.27. The van der Waals surface area contributed by atoms with Gasteiger partial charge in [0.1, 0.15) is 5.60 Å². The Hall–Kier alpha value is -4.48. The second kappa shape index (κ2) is 17.1. The third-order valence-electron chi connectivity index (χ3n) is 19.0. The van der Waals surface area contributed by atoms with Gasteiger partial charge in [-0.05, 0) is 138 Å². The predicted octanol–water partition coefficient (Wildman–Crippen LogP) is 3.70. The van der Waals surface area contributed by atoms with Gasteiger partial charge >= 0.3 is 6.09 Å². The Balaban J connectivity index is 0.762. The summed E-state index contributed by atoms with van der Waals surface area (Å²) < 4.78 is 26.3. The number of phenols is 2. The number of ketones is 2. The van der Waals surface area contributed by atoms with E-state index in [0.717, 1.165) is 54.9 Å². The Labute approximate surface area is 404 Å². The molecular weight excluding hydrogens is 881 g/mol. The summed E-state index contributed by atoms with van der Waals surface area (Å²) in [5.41, 5.74) is 12.9. The lowest BCUT2D eigenvalue weighted by Gasteiger charge is -2.65. The van der Waals surface area contributed by atoms with Crippen molar-refractivity contribution in [2.75, 3.05) is 78.7 Å². The summed E-state index contributed by atoms with van der Waals surface area (Å²) in [6, 6.07) is 7.23. The van der Waals surface area contributed by atoms with Crippen LogP contribution >= 0.6 is 0 Å². The maximum atomic E-state index is 15.0. The van der Waals surface area contributed by atoms with Gasteiger partial charge in [0.15, 0.2) is 46.8 Å². The molecule has 6 fully saturated rings. The molecule has 69 heavy (non-hydrogen) atoms. The molecule has 2 aromatic carbocycles. The van der Waals surface area contributed by atoms with Gasteiger partial charge < -0.3 is 50.4 Å². The molecule has 0 radical (unpaired) electrons. The van der Waals surface area contributed by atoms with Gasteiger partial charge in [-0.1, -0.05) is 12.1 Å². The molecular formula is C53H70N6O10. The largest absolute Gasteiger partial charge is 0.504 e. The monoisotopic (exact) mass is 951 g/mol. The van der Waals surface area contributed by atoms with Crippen LogP contribution in [0.3, 0.4) is 0 Å². The van der Waals surface area contributed by atoms with Gasteiger partial charge in [0.25, 0.3) is 0 Å². The van der Waals surface area contributed by atoms with E-state index >= 15 is 4.79 Å². The van der Waals surface area contributed by atoms with Crippen molar-refractivity contribution in [3.05, 3.63) is 46.5 Å². The van der Waals surface area contributed by atoms with Gasteiger partial charge in [0, 0.05) is 81.1 Å². The van der Waals surface area contributed by atoms with E-state index in [4.69, 9.17) is 30.4 Å². The number of rotatable bonds is 19. The zero-order chi connectivity index (χ0) is 47.5. The molecule has 2 aromatic rings. The van der Waals surface area contributed by atoms with Crippen molar-refractivity contribution >= 4 is 23.6 Å². The number of aromatic hydroxyl groups is 2. The Bertz CT molecular complexity index is 2260. The van der Waals surface area contributed by atoms with Crippen LogP contribution in [-0.2, 0) is 47.5 Å². The number of carbonyl (C=O) groups is 4. The van der Waals surface area contributed by atoms with Crippen LogP contribution in [0.25, 0.3) is 0 Å². The highest BCUT2D eigenvalue weighted by molar-refractivity contribution is 5.91. The van der Waals surface area contributed by atoms with Gasteiger partial charge in [-0.3, -0.25) is 24.2 Å². The first-order valence-corrected chi connectivity index (χ1v) is 26.3. The van der Waals surface area contributed by atoms with Gasteiger partial charge in [-0.25, -0.2) is 4.79 Å². The number of amides is 2. The fourth-order valence-electron chi connectivity index (χ4n) is 15.5. The molecule has 6 aliphatic carbocycles. The molecule has 0 aromatic heterocycles. The maximum Gasteiger partial charge on any atom is 0.410 e. The van der Waals surface area contributed by atoms with Gasteiger partial charge in [-0.2, -0.15) is 0 Å². The Morgan fingerprint density at radius 1 is 0.696 bits per heavy atom. The van der Waals surface area contributed by atoms with Crippen LogP contribution in [0.4, 0.5) is 4.79 Å². The van der Waals surface area contributed by atoms with Crippen LogP contribution in [0.2, 0.25) is 0 Å². The van der Waals surface area contributed by atoms with Crippen LogP contribution < -0.4 is 20.9 Å². The van der Waals surface area contributed by atoms with E-state index < -0.39 is 40.1 Å². The van der Waals surface area contributed by atoms with E-state index in [0.29, 0.717) is 107 Å². The second-order valence-electron chi connectivity index (χ2n) is 22.4. The smallest absolute Gasteiger partial charge is 0.410 e. The fraction of sp³-hybridized carbons (Fsp3) is 0.698. The molecule has 12 rings (SSSR count). The van der Waals surface area contributed by atoms with E-state index in [9.17, 15) is 24.6 Å². The number of piperidine rings is 2. The summed E-state index contributed by atoms with van der Waals surface area (Å²) in [6.45, 7) is 6.15. The number of benzene rings is 2. The first-order valence-electron chi connectivity index (χ1n) is 26.3. The lowest BCUT2D eigenvalue weighted by Crippen LogP contribution is -2.78. The minimum atomic E-state index is -1.04. The average molecular weight is 951 g/mol. The number of carbonyl (C=O) groups excluding carboxylic acids is 4. The zero-order valence-electron chi connectivity index (χ0n) is 40.0. The van der Waals surface area contributed by atoms with Crippen LogP contribution in [0.15, 0.2) is 24.3 Å². The number of hydrogen-bond acceptors (Lipinski definition) is 14. The molecule has 0 unspecified atom stereocenters. The molecule has 16 nitrogen and oxygen atoms in total. The first kappa shape index (κ1) is 45.6. The van der Waals surface area contributed by atoms with Crippen molar-refractivity contribution in [2.24, 2.45) is 28.7 Å². The normalized spacial score (nSPS) is 33.3. The summed E-state index contributed by atoms with van der Waals surface area (Å²) in [5, 5.41) is 22.2. The maximum absolute atomic E-state index is 15.0. The molecule has 8 atom stereocenters. The zero-order valence-corrected chi connectivity index (χ0v) is 40.0. The van der Waals surface area contributed by atoms with E-state index in [1.165, 1.54) is 25.7 Å². The Morgan fingerprint density at radius 2 is 1.23 bits per heavy atom. The molecule has 2 amide bonds. The van der Waals surface area contributed by atoms with Crippen LogP contribution in [-0.4, -0.2) is 162 Å². The quantitative estimate of drug-likeness (QED) is 0.148. The van der Waals surface area contributed by atoms with Crippen LogP contribution in [0.5, 0.6) is 23.0 Å². The van der Waals surface area contributed by atoms with Crippen molar-refractivity contribution < 1.29 is 48.3 Å². The van der Waals surface area contributed by atoms with Crippen molar-refractivity contribution in [3.63, 3.8) is 0 Å². The number of likely N-dealkylation sites (tertiary alicyclic amines) is 2. The van der Waals surface area contributed by atoms with Crippen molar-refractivity contribution in [1.82, 2.24) is 19.6 Å². The molecule has 16 heteroatoms. The third kappa shape index (κ3) is 6.84. The first-order chi connectivity index (χ1) is 33.5. The van der Waals surface area contributed by atoms with E-state index in [1.807, 2.05) is 17.0 Å². The molecule has 2 spiro atoms. The predicted molar refractivity (Wildman–Crippen MR) is 252 cm³/mol. The fourth-order valence-corrected chi connectivity index (χ4v) is 15.5. The minimum absolute atomic E-state index is 0.00796. The highest BCUT2D eigenvalue weighted by Crippen LogP contribution is 2.70. The van der Waals surface area contributed by atoms with Gasteiger partial charge in [0.05, 0.1) is 30.1 Å². The third-order valence-corrected chi connectivity index (χ3v) is 19.0. The topological polar surface area (TPSA) is 211 Å². The minimum Gasteiger partial charge on any atom is -0.504 e. The standard InChI is InChI=1S/C53H70N6O10/c54-17-1-19-56(42(64)29-50-13-11-38(62)47-51(50)15-21-58(30-32-3-4-32)40(50)27-34-7-9-36(60)45(67-47)43(34)51)23-25-66-26-24-57(20-2-18-55)49(65)69-53-14-12-39(63)48-52(53)16-22-59(31-33-5-6-33)41(53)28-35-8-10-37(61)46(68-48)44(35)52/h7-10,32-33,40-41,47-48,60-61H,1-6,11-31,54-55H2/t40-,41-,47+,48+,50-,51+,52+,53-/m1/s1. The van der Waals surface area contributed by atoms with Crippen LogP contribution in [0.1, 0.15) is 106 Å². The van der Waals surface area contributed by atoms with Gasteiger partial charge in [-0.15, -0.1) is 0 Å². The van der Waals surface area contributed by atoms with Gasteiger partial charge in [0.2, 0.25) is 5.91 Å². The number of nitrogens with zero attached hydrogens (tertiary/aromatic N) is 4. The number of Topliss-reactive ketones (excluding diaryl/α,β-unsaturated/α-hetero) is 2. The van der Waals surface area contributed by atoms with E-state index in [2.05, 4.69) is 9.80 Å². The number of hydrogen-bond donors (Lipinski definition) is 4. The molecule has 10 aliphatic rings. The molecule has 372 valence electrons. The van der Waals surface area contributed by atoms with Crippen LogP contribution in [0, 0.1) is 17.3 Å². The molecule has 2 saturated heterocycles. The Morgan fingerprint density at radius 3 is 1.86 bits per heavy atom. The number of ether oxygens (including phenoxy) is 4. The summed E-state index contributed by atoms with van der Waals surface area (Å²) in [7, 11) is 0. The highest BCUT2D eigenvalue weighted by Gasteiger charge is 2.76. The summed E-state index contributed by atoms with van der Waals surface area (Å²) >= 11 is 0. The lowest BCUT2D eigenvalue weighted by atomic mass is 9.42. The van der Waals surface area contributed by atoms with Crippen molar-refractivity contribution in [2.45, 2.75) is 137 Å². The van der Waals surface area contributed by atoms with E-state index in [1.54, 1.807) is 17.0 Å². The molecule has 4 saturated carbocycles. The molecule has 4 bridgehead atoms.